The Balaban J connectivity index is 1.83. The summed E-state index contributed by atoms with van der Waals surface area (Å²) in [5.41, 5.74) is 9.10. The summed E-state index contributed by atoms with van der Waals surface area (Å²) in [6.45, 7) is 4.22. The number of nitrogens with one attached hydrogen (secondary N) is 1. The highest BCUT2D eigenvalue weighted by molar-refractivity contribution is 7.52. The van der Waals surface area contributed by atoms with Crippen LogP contribution in [0.2, 0.25) is 0 Å². The fourth-order valence-corrected chi connectivity index (χ4v) is 5.00. The maximum absolute atomic E-state index is 13.7. The summed E-state index contributed by atoms with van der Waals surface area (Å²) in [7, 11) is -4.26. The first kappa shape index (κ1) is 28.3. The van der Waals surface area contributed by atoms with Crippen molar-refractivity contribution < 1.29 is 33.0 Å². The molecule has 37 heavy (non-hydrogen) atoms. The fraction of sp³-hybridized carbons (Fsp3) is 0.435. The van der Waals surface area contributed by atoms with Gasteiger partial charge in [0, 0.05) is 6.20 Å². The number of esters is 1. The molecular weight excluding hydrogens is 505 g/mol. The molecule has 3 rings (SSSR count). The van der Waals surface area contributed by atoms with Crippen LogP contribution < -0.4 is 26.8 Å². The Morgan fingerprint density at radius 2 is 2.03 bits per heavy atom. The van der Waals surface area contributed by atoms with Crippen molar-refractivity contribution in [3.63, 3.8) is 0 Å². The van der Waals surface area contributed by atoms with Gasteiger partial charge in [0.05, 0.1) is 12.7 Å². The Bertz CT molecular complexity index is 1250. The van der Waals surface area contributed by atoms with E-state index in [-0.39, 0.29) is 11.6 Å². The van der Waals surface area contributed by atoms with Crippen molar-refractivity contribution in [2.24, 2.45) is 5.73 Å². The molecule has 14 heteroatoms. The van der Waals surface area contributed by atoms with Gasteiger partial charge in [0.25, 0.3) is 0 Å². The molecule has 0 radical (unpaired) electrons. The minimum Gasteiger partial charge on any atom is -0.462 e. The Kier molecular flexibility index (Phi) is 8.76. The third-order valence-electron chi connectivity index (χ3n) is 5.34. The molecule has 0 spiro atoms. The Morgan fingerprint density at radius 3 is 2.62 bits per heavy atom. The number of terminal acetylenes is 1. The quantitative estimate of drug-likeness (QED) is 0.188. The first-order valence-electron chi connectivity index (χ1n) is 11.3. The van der Waals surface area contributed by atoms with E-state index in [2.05, 4.69) is 16.0 Å². The molecule has 1 fully saturated rings. The number of aliphatic hydroxyl groups excluding tert-OH is 1. The number of rotatable bonds is 10. The van der Waals surface area contributed by atoms with E-state index in [4.69, 9.17) is 36.4 Å². The average molecular weight is 535 g/mol. The number of nitrogens with zero attached hydrogens (tertiary/aromatic N) is 2. The molecule has 6 N–H and O–H groups in total. The number of nitrogen functional groups attached to an aromatic ring is 1. The molecule has 1 aromatic heterocycles. The normalized spacial score (nSPS) is 25.7. The van der Waals surface area contributed by atoms with E-state index in [1.807, 2.05) is 0 Å². The van der Waals surface area contributed by atoms with Gasteiger partial charge in [-0.2, -0.15) is 10.1 Å². The summed E-state index contributed by atoms with van der Waals surface area (Å²) in [6.07, 6.45) is 2.32. The van der Waals surface area contributed by atoms with Gasteiger partial charge in [0.15, 0.2) is 11.8 Å². The third kappa shape index (κ3) is 6.56. The van der Waals surface area contributed by atoms with Gasteiger partial charge in [-0.3, -0.25) is 13.9 Å². The van der Waals surface area contributed by atoms with E-state index in [9.17, 15) is 19.3 Å². The summed E-state index contributed by atoms with van der Waals surface area (Å²) in [6, 6.07) is 8.36. The number of ether oxygens (including phenoxy) is 2. The van der Waals surface area contributed by atoms with Crippen molar-refractivity contribution in [1.29, 1.82) is 0 Å². The van der Waals surface area contributed by atoms with Gasteiger partial charge in [0.1, 0.15) is 29.8 Å². The smallest absolute Gasteiger partial charge is 0.459 e. The van der Waals surface area contributed by atoms with Gasteiger partial charge in [0.2, 0.25) is 0 Å². The van der Waals surface area contributed by atoms with Crippen molar-refractivity contribution in [2.45, 2.75) is 56.9 Å². The molecule has 2 heterocycles. The zero-order valence-corrected chi connectivity index (χ0v) is 21.4. The standard InChI is InChI=1S/C23H30N5O8P/c1-5-23(25)19(29)17(35-21(23)28-12-11-18(24)26-22(28)31)13-33-37(32,36-16-9-7-6-8-10-16)27-15(4)20(30)34-14(2)3/h1,6-12,14-15,17,19,21,29H,13,25H2,2-4H3,(H,27,32)(H2,24,26,31)/t15-,17+,19?,21+,23?,37?/m0/s1. The molecule has 0 aliphatic carbocycles. The van der Waals surface area contributed by atoms with Crippen LogP contribution >= 0.6 is 7.75 Å². The van der Waals surface area contributed by atoms with E-state index in [1.54, 1.807) is 32.0 Å². The van der Waals surface area contributed by atoms with Crippen LogP contribution in [0.1, 0.15) is 27.0 Å². The average Bonchev–Trinajstić information content (AvgIpc) is 3.08. The Hall–Kier alpha value is -3.24. The van der Waals surface area contributed by atoms with Gasteiger partial charge >= 0.3 is 19.4 Å². The molecule has 1 aliphatic heterocycles. The minimum atomic E-state index is -4.26. The number of aromatic nitrogens is 2. The maximum atomic E-state index is 13.7. The summed E-state index contributed by atoms with van der Waals surface area (Å²) in [5, 5.41) is 13.4. The fourth-order valence-electron chi connectivity index (χ4n) is 3.50. The number of hydrogen-bond acceptors (Lipinski definition) is 11. The Labute approximate surface area is 213 Å². The summed E-state index contributed by atoms with van der Waals surface area (Å²) in [5.74, 6) is 1.74. The molecule has 6 atom stereocenters. The molecule has 0 saturated carbocycles. The second-order valence-electron chi connectivity index (χ2n) is 8.63. The lowest BCUT2D eigenvalue weighted by molar-refractivity contribution is -0.149. The number of para-hydroxylation sites is 1. The first-order chi connectivity index (χ1) is 17.4. The molecule has 2 aromatic rings. The van der Waals surface area contributed by atoms with Crippen LogP contribution in [-0.4, -0.2) is 57.1 Å². The maximum Gasteiger partial charge on any atom is 0.459 e. The summed E-state index contributed by atoms with van der Waals surface area (Å²) in [4.78, 5) is 28.3. The van der Waals surface area contributed by atoms with Crippen LogP contribution in [0.4, 0.5) is 5.82 Å². The van der Waals surface area contributed by atoms with Crippen LogP contribution in [-0.2, 0) is 23.4 Å². The van der Waals surface area contributed by atoms with E-state index in [0.717, 1.165) is 4.57 Å². The van der Waals surface area contributed by atoms with Crippen LogP contribution in [0.15, 0.2) is 47.4 Å². The minimum absolute atomic E-state index is 0.0294. The predicted octanol–water partition coefficient (Wildman–Crippen LogP) is 0.548. The van der Waals surface area contributed by atoms with Crippen molar-refractivity contribution in [1.82, 2.24) is 14.6 Å². The van der Waals surface area contributed by atoms with Crippen molar-refractivity contribution >= 4 is 19.5 Å². The zero-order valence-electron chi connectivity index (χ0n) is 20.5. The van der Waals surface area contributed by atoms with Crippen molar-refractivity contribution in [3.05, 3.63) is 53.1 Å². The van der Waals surface area contributed by atoms with Crippen LogP contribution in [0.25, 0.3) is 0 Å². The number of benzene rings is 1. The highest BCUT2D eigenvalue weighted by Gasteiger charge is 2.55. The topological polar surface area (TPSA) is 190 Å². The molecule has 13 nitrogen and oxygen atoms in total. The van der Waals surface area contributed by atoms with Crippen molar-refractivity contribution in [2.75, 3.05) is 12.3 Å². The van der Waals surface area contributed by atoms with Gasteiger partial charge < -0.3 is 30.6 Å². The monoisotopic (exact) mass is 535 g/mol. The molecular formula is C23H30N5O8P. The van der Waals surface area contributed by atoms with Crippen LogP contribution in [0.3, 0.4) is 0 Å². The highest BCUT2D eigenvalue weighted by Crippen LogP contribution is 2.46. The van der Waals surface area contributed by atoms with Gasteiger partial charge in [-0.25, -0.2) is 9.36 Å². The largest absolute Gasteiger partial charge is 0.462 e. The highest BCUT2D eigenvalue weighted by atomic mass is 31.2. The molecule has 200 valence electrons. The Morgan fingerprint density at radius 1 is 1.35 bits per heavy atom. The van der Waals surface area contributed by atoms with Crippen LogP contribution in [0.5, 0.6) is 5.75 Å². The predicted molar refractivity (Wildman–Crippen MR) is 133 cm³/mol. The summed E-state index contributed by atoms with van der Waals surface area (Å²) >= 11 is 0. The van der Waals surface area contributed by atoms with E-state index < -0.39 is 62.1 Å². The number of aliphatic hydroxyl groups is 1. The van der Waals surface area contributed by atoms with Crippen molar-refractivity contribution in [3.8, 4) is 18.1 Å². The molecule has 3 unspecified atom stereocenters. The first-order valence-corrected chi connectivity index (χ1v) is 12.8. The lowest BCUT2D eigenvalue weighted by Crippen LogP contribution is -2.54. The number of hydrogen-bond donors (Lipinski definition) is 4. The SMILES string of the molecule is C#CC1(N)C(O)[C@@H](COP(=O)(N[C@@H](C)C(=O)OC(C)C)Oc2ccccc2)O[C@H]1n1ccc(N)nc1=O. The molecule has 0 bridgehead atoms. The number of carbonyl (C=O) groups excluding carboxylic acids is 1. The molecule has 0 amide bonds. The third-order valence-corrected chi connectivity index (χ3v) is 6.99. The lowest BCUT2D eigenvalue weighted by Gasteiger charge is -2.27. The lowest BCUT2D eigenvalue weighted by atomic mass is 9.92. The van der Waals surface area contributed by atoms with Gasteiger partial charge in [-0.1, -0.05) is 24.1 Å². The van der Waals surface area contributed by atoms with E-state index >= 15 is 0 Å². The number of carbonyl (C=O) groups is 1. The van der Waals surface area contributed by atoms with E-state index in [1.165, 1.54) is 31.3 Å². The number of nitrogens with two attached hydrogens (primary N) is 2. The second-order valence-corrected chi connectivity index (χ2v) is 10.3. The van der Waals surface area contributed by atoms with Gasteiger partial charge in [-0.05, 0) is 39.0 Å². The molecule has 1 aliphatic rings. The second kappa shape index (κ2) is 11.4. The van der Waals surface area contributed by atoms with E-state index in [0.29, 0.717) is 0 Å². The van der Waals surface area contributed by atoms with Gasteiger partial charge in [-0.15, -0.1) is 6.42 Å². The molecule has 1 saturated heterocycles. The number of anilines is 1. The van der Waals surface area contributed by atoms with Crippen LogP contribution in [0, 0.1) is 12.3 Å². The molecule has 1 aromatic carbocycles. The zero-order chi connectivity index (χ0) is 27.4. The summed E-state index contributed by atoms with van der Waals surface area (Å²) < 4.78 is 36.7.